The highest BCUT2D eigenvalue weighted by Crippen LogP contribution is 2.17. The third-order valence-corrected chi connectivity index (χ3v) is 4.60. The maximum absolute atomic E-state index is 12.1. The fraction of sp³-hybridized carbons (Fsp3) is 0.444. The third kappa shape index (κ3) is 2.52. The molecule has 0 spiro atoms. The van der Waals surface area contributed by atoms with E-state index in [-0.39, 0.29) is 9.92 Å². The van der Waals surface area contributed by atoms with Gasteiger partial charge in [0.2, 0.25) is 10.0 Å². The number of ether oxygens (including phenoxy) is 1. The molecule has 17 heavy (non-hydrogen) atoms. The van der Waals surface area contributed by atoms with E-state index in [0.717, 1.165) is 12.3 Å². The molecule has 1 aromatic heterocycles. The number of nitrogens with one attached hydrogen (secondary N) is 1. The van der Waals surface area contributed by atoms with E-state index in [2.05, 4.69) is 4.98 Å². The van der Waals surface area contributed by atoms with Crippen LogP contribution in [0.4, 0.5) is 0 Å². The molecule has 0 unspecified atom stereocenters. The van der Waals surface area contributed by atoms with Crippen LogP contribution in [0.2, 0.25) is 5.02 Å². The molecule has 0 aromatic carbocycles. The third-order valence-electron chi connectivity index (χ3n) is 2.44. The molecule has 0 bridgehead atoms. The van der Waals surface area contributed by atoms with Crippen molar-refractivity contribution in [2.24, 2.45) is 0 Å². The van der Waals surface area contributed by atoms with Crippen LogP contribution in [-0.4, -0.2) is 44.0 Å². The fourth-order valence-corrected chi connectivity index (χ4v) is 3.16. The summed E-state index contributed by atoms with van der Waals surface area (Å²) in [5.74, 6) is 0. The molecule has 0 saturated carbocycles. The van der Waals surface area contributed by atoms with Gasteiger partial charge in [-0.2, -0.15) is 4.31 Å². The molecule has 1 aliphatic heterocycles. The molecule has 6 nitrogen and oxygen atoms in total. The van der Waals surface area contributed by atoms with Crippen LogP contribution in [0.15, 0.2) is 22.0 Å². The minimum absolute atomic E-state index is 0.0102. The second-order valence-electron chi connectivity index (χ2n) is 3.53. The molecule has 1 aromatic rings. The van der Waals surface area contributed by atoms with E-state index < -0.39 is 15.6 Å². The van der Waals surface area contributed by atoms with Gasteiger partial charge in [-0.15, -0.1) is 0 Å². The zero-order valence-corrected chi connectivity index (χ0v) is 10.4. The summed E-state index contributed by atoms with van der Waals surface area (Å²) in [6, 6.07) is 1.16. The second kappa shape index (κ2) is 4.77. The van der Waals surface area contributed by atoms with E-state index in [1.54, 1.807) is 0 Å². The molecular formula is C9H11ClN2O4S. The largest absolute Gasteiger partial charge is 0.379 e. The highest BCUT2D eigenvalue weighted by atomic mass is 35.5. The Morgan fingerprint density at radius 3 is 2.59 bits per heavy atom. The number of sulfonamides is 1. The number of morpholine rings is 1. The van der Waals surface area contributed by atoms with Gasteiger partial charge in [0.1, 0.15) is 5.02 Å². The van der Waals surface area contributed by atoms with Crippen LogP contribution in [0.25, 0.3) is 0 Å². The number of nitrogens with zero attached hydrogens (tertiary/aromatic N) is 1. The Hall–Kier alpha value is -0.890. The molecule has 0 aliphatic carbocycles. The highest BCUT2D eigenvalue weighted by Gasteiger charge is 2.26. The van der Waals surface area contributed by atoms with Crippen molar-refractivity contribution < 1.29 is 13.2 Å². The van der Waals surface area contributed by atoms with Crippen molar-refractivity contribution in [1.29, 1.82) is 0 Å². The lowest BCUT2D eigenvalue weighted by molar-refractivity contribution is 0.0730. The van der Waals surface area contributed by atoms with Crippen molar-refractivity contribution in [3.8, 4) is 0 Å². The summed E-state index contributed by atoms with van der Waals surface area (Å²) in [7, 11) is -3.60. The Labute approximate surface area is 103 Å². The van der Waals surface area contributed by atoms with Gasteiger partial charge in [0.05, 0.1) is 18.1 Å². The van der Waals surface area contributed by atoms with E-state index >= 15 is 0 Å². The first-order valence-electron chi connectivity index (χ1n) is 4.98. The summed E-state index contributed by atoms with van der Waals surface area (Å²) >= 11 is 5.61. The Kier molecular flexibility index (Phi) is 3.53. The SMILES string of the molecule is O=c1[nH]cc(S(=O)(=O)N2CCOCC2)cc1Cl. The first kappa shape index (κ1) is 12.6. The molecular weight excluding hydrogens is 268 g/mol. The lowest BCUT2D eigenvalue weighted by Gasteiger charge is -2.25. The second-order valence-corrected chi connectivity index (χ2v) is 5.87. The van der Waals surface area contributed by atoms with Crippen molar-refractivity contribution in [2.75, 3.05) is 26.3 Å². The number of hydrogen-bond acceptors (Lipinski definition) is 4. The normalized spacial score (nSPS) is 18.2. The van der Waals surface area contributed by atoms with E-state index in [1.165, 1.54) is 4.31 Å². The van der Waals surface area contributed by atoms with Gasteiger partial charge < -0.3 is 9.72 Å². The monoisotopic (exact) mass is 278 g/mol. The lowest BCUT2D eigenvalue weighted by atomic mass is 10.5. The van der Waals surface area contributed by atoms with Crippen LogP contribution in [0.1, 0.15) is 0 Å². The first-order valence-corrected chi connectivity index (χ1v) is 6.80. The smallest absolute Gasteiger partial charge is 0.266 e. The Morgan fingerprint density at radius 2 is 2.00 bits per heavy atom. The van der Waals surface area contributed by atoms with Crippen LogP contribution in [0, 0.1) is 0 Å². The van der Waals surface area contributed by atoms with Gasteiger partial charge in [-0.05, 0) is 6.07 Å². The summed E-state index contributed by atoms with van der Waals surface area (Å²) < 4.78 is 30.7. The molecule has 0 radical (unpaired) electrons. The average Bonchev–Trinajstić information content (AvgIpc) is 2.33. The van der Waals surface area contributed by atoms with Crippen LogP contribution >= 0.6 is 11.6 Å². The van der Waals surface area contributed by atoms with Crippen molar-refractivity contribution >= 4 is 21.6 Å². The number of H-pyrrole nitrogens is 1. The van der Waals surface area contributed by atoms with E-state index in [0.29, 0.717) is 26.3 Å². The van der Waals surface area contributed by atoms with Gasteiger partial charge in [0.25, 0.3) is 5.56 Å². The van der Waals surface area contributed by atoms with E-state index in [1.807, 2.05) is 0 Å². The molecule has 1 N–H and O–H groups in total. The Morgan fingerprint density at radius 1 is 1.35 bits per heavy atom. The van der Waals surface area contributed by atoms with Crippen molar-refractivity contribution in [1.82, 2.24) is 9.29 Å². The van der Waals surface area contributed by atoms with E-state index in [9.17, 15) is 13.2 Å². The van der Waals surface area contributed by atoms with Gasteiger partial charge >= 0.3 is 0 Å². The number of pyridine rings is 1. The number of hydrogen-bond donors (Lipinski definition) is 1. The van der Waals surface area contributed by atoms with Gasteiger partial charge in [-0.3, -0.25) is 4.79 Å². The number of aromatic amines is 1. The minimum Gasteiger partial charge on any atom is -0.379 e. The molecule has 2 heterocycles. The average molecular weight is 279 g/mol. The summed E-state index contributed by atoms with van der Waals surface area (Å²) in [6.45, 7) is 1.35. The molecule has 8 heteroatoms. The van der Waals surface area contributed by atoms with Gasteiger partial charge in [-0.1, -0.05) is 11.6 Å². The van der Waals surface area contributed by atoms with Crippen LogP contribution < -0.4 is 5.56 Å². The van der Waals surface area contributed by atoms with Crippen molar-refractivity contribution in [3.63, 3.8) is 0 Å². The summed E-state index contributed by atoms with van der Waals surface area (Å²) in [6.07, 6.45) is 1.15. The zero-order valence-electron chi connectivity index (χ0n) is 8.85. The predicted molar refractivity (Wildman–Crippen MR) is 61.7 cm³/mol. The summed E-state index contributed by atoms with van der Waals surface area (Å²) in [4.78, 5) is 13.3. The quantitative estimate of drug-likeness (QED) is 0.829. The molecule has 0 atom stereocenters. The zero-order chi connectivity index (χ0) is 12.5. The fourth-order valence-electron chi connectivity index (χ4n) is 1.52. The standard InChI is InChI=1S/C9H11ClN2O4S/c10-8-5-7(6-11-9(8)13)17(14,15)12-1-3-16-4-2-12/h5-6H,1-4H2,(H,11,13). The Balaban J connectivity index is 2.36. The molecule has 1 saturated heterocycles. The summed E-state index contributed by atoms with van der Waals surface area (Å²) in [5.41, 5.74) is -0.507. The minimum atomic E-state index is -3.60. The number of aromatic nitrogens is 1. The predicted octanol–water partition coefficient (Wildman–Crippen LogP) is 0.0492. The Bertz CT molecular complexity index is 563. The first-order chi connectivity index (χ1) is 8.01. The van der Waals surface area contributed by atoms with Crippen LogP contribution in [0.3, 0.4) is 0 Å². The van der Waals surface area contributed by atoms with Crippen molar-refractivity contribution in [2.45, 2.75) is 4.90 Å². The lowest BCUT2D eigenvalue weighted by Crippen LogP contribution is -2.40. The molecule has 2 rings (SSSR count). The molecule has 0 amide bonds. The maximum Gasteiger partial charge on any atom is 0.266 e. The van der Waals surface area contributed by atoms with Gasteiger partial charge in [0.15, 0.2) is 0 Å². The highest BCUT2D eigenvalue weighted by molar-refractivity contribution is 7.89. The molecule has 1 fully saturated rings. The topological polar surface area (TPSA) is 79.5 Å². The van der Waals surface area contributed by atoms with E-state index in [4.69, 9.17) is 16.3 Å². The molecule has 94 valence electrons. The number of halogens is 1. The number of rotatable bonds is 2. The van der Waals surface area contributed by atoms with Crippen molar-refractivity contribution in [3.05, 3.63) is 27.6 Å². The van der Waals surface area contributed by atoms with Crippen LogP contribution in [0.5, 0.6) is 0 Å². The maximum atomic E-state index is 12.1. The van der Waals surface area contributed by atoms with Gasteiger partial charge in [0, 0.05) is 19.3 Å². The van der Waals surface area contributed by atoms with Crippen LogP contribution in [-0.2, 0) is 14.8 Å². The summed E-state index contributed by atoms with van der Waals surface area (Å²) in [5, 5.41) is -0.140. The van der Waals surface area contributed by atoms with Gasteiger partial charge in [-0.25, -0.2) is 8.42 Å². The molecule has 1 aliphatic rings.